The van der Waals surface area contributed by atoms with Crippen LogP contribution >= 0.6 is 11.3 Å². The summed E-state index contributed by atoms with van der Waals surface area (Å²) < 4.78 is 6.86. The minimum Gasteiger partial charge on any atom is -0.463 e. The number of furan rings is 1. The third kappa shape index (κ3) is 3.47. The van der Waals surface area contributed by atoms with Crippen LogP contribution in [0.3, 0.4) is 0 Å². The lowest BCUT2D eigenvalue weighted by Gasteiger charge is -2.03. The second-order valence-corrected chi connectivity index (χ2v) is 6.74. The molecular formula is C19H15N5O3S. The van der Waals surface area contributed by atoms with E-state index in [0.717, 1.165) is 0 Å². The van der Waals surface area contributed by atoms with Crippen molar-refractivity contribution in [3.05, 3.63) is 71.0 Å². The van der Waals surface area contributed by atoms with E-state index in [1.54, 1.807) is 49.0 Å². The molecule has 0 aliphatic carbocycles. The average Bonchev–Trinajstić information content (AvgIpc) is 3.39. The molecule has 0 fully saturated rings. The van der Waals surface area contributed by atoms with E-state index in [-0.39, 0.29) is 11.5 Å². The van der Waals surface area contributed by atoms with Gasteiger partial charge in [0.25, 0.3) is 11.5 Å². The van der Waals surface area contributed by atoms with Gasteiger partial charge in [-0.2, -0.15) is 5.10 Å². The lowest BCUT2D eigenvalue weighted by atomic mass is 10.2. The van der Waals surface area contributed by atoms with E-state index in [1.807, 2.05) is 6.92 Å². The van der Waals surface area contributed by atoms with Crippen LogP contribution in [0.2, 0.25) is 0 Å². The van der Waals surface area contributed by atoms with Crippen molar-refractivity contribution < 1.29 is 9.21 Å². The predicted octanol–water partition coefficient (Wildman–Crippen LogP) is 3.29. The van der Waals surface area contributed by atoms with Crippen LogP contribution in [0.15, 0.2) is 64.3 Å². The van der Waals surface area contributed by atoms with Crippen LogP contribution in [0, 0.1) is 0 Å². The zero-order chi connectivity index (χ0) is 19.5. The third-order valence-electron chi connectivity index (χ3n) is 3.94. The highest BCUT2D eigenvalue weighted by molar-refractivity contribution is 7.19. The van der Waals surface area contributed by atoms with Gasteiger partial charge in [0.1, 0.15) is 11.4 Å². The Balaban J connectivity index is 1.75. The molecule has 4 rings (SSSR count). The zero-order valence-corrected chi connectivity index (χ0v) is 15.6. The Morgan fingerprint density at radius 2 is 2.04 bits per heavy atom. The van der Waals surface area contributed by atoms with E-state index < -0.39 is 0 Å². The maximum Gasteiger partial charge on any atom is 0.266 e. The molecule has 0 saturated heterocycles. The van der Waals surface area contributed by atoms with E-state index in [2.05, 4.69) is 20.4 Å². The maximum atomic E-state index is 12.4. The van der Waals surface area contributed by atoms with Crippen LogP contribution in [-0.2, 0) is 6.54 Å². The molecule has 0 saturated carbocycles. The van der Waals surface area contributed by atoms with Gasteiger partial charge in [0.15, 0.2) is 10.9 Å². The molecule has 0 spiro atoms. The minimum absolute atomic E-state index is 0.179. The number of rotatable bonds is 5. The minimum atomic E-state index is -0.291. The molecule has 9 heteroatoms. The Morgan fingerprint density at radius 1 is 1.21 bits per heavy atom. The Labute approximate surface area is 163 Å². The van der Waals surface area contributed by atoms with Crippen LogP contribution in [0.5, 0.6) is 0 Å². The normalized spacial score (nSPS) is 10.8. The molecule has 4 aromatic rings. The molecule has 4 heterocycles. The fourth-order valence-corrected chi connectivity index (χ4v) is 3.53. The Bertz CT molecular complexity index is 1170. The van der Waals surface area contributed by atoms with Gasteiger partial charge in [-0.3, -0.25) is 19.9 Å². The number of nitrogens with one attached hydrogen (secondary N) is 1. The lowest BCUT2D eigenvalue weighted by Crippen LogP contribution is -2.20. The first-order valence-electron chi connectivity index (χ1n) is 8.50. The number of aromatic nitrogens is 4. The highest BCUT2D eigenvalue weighted by Crippen LogP contribution is 2.38. The van der Waals surface area contributed by atoms with Crippen molar-refractivity contribution in [3.8, 4) is 22.0 Å². The first kappa shape index (κ1) is 17.8. The van der Waals surface area contributed by atoms with Gasteiger partial charge in [0, 0.05) is 30.6 Å². The smallest absolute Gasteiger partial charge is 0.266 e. The molecule has 1 N–H and O–H groups in total. The quantitative estimate of drug-likeness (QED) is 0.558. The SMILES string of the molecule is CCn1nc(-c2sc(NC(=O)c3ccncc3)nc2-c2ccco2)ccc1=O. The van der Waals surface area contributed by atoms with Crippen LogP contribution in [-0.4, -0.2) is 25.7 Å². The number of nitrogens with zero attached hydrogens (tertiary/aromatic N) is 4. The van der Waals surface area contributed by atoms with E-state index >= 15 is 0 Å². The van der Waals surface area contributed by atoms with Crippen LogP contribution in [0.1, 0.15) is 17.3 Å². The molecule has 0 unspecified atom stereocenters. The van der Waals surface area contributed by atoms with Crippen LogP contribution < -0.4 is 10.9 Å². The van der Waals surface area contributed by atoms with Gasteiger partial charge in [-0.1, -0.05) is 11.3 Å². The first-order valence-corrected chi connectivity index (χ1v) is 9.32. The van der Waals surface area contributed by atoms with Crippen molar-refractivity contribution in [1.29, 1.82) is 0 Å². The number of anilines is 1. The Kier molecular flexibility index (Phi) is 4.81. The number of aryl methyl sites for hydroxylation is 1. The molecule has 0 radical (unpaired) electrons. The van der Waals surface area contributed by atoms with Crippen molar-refractivity contribution in [3.63, 3.8) is 0 Å². The van der Waals surface area contributed by atoms with Gasteiger partial charge in [-0.05, 0) is 37.3 Å². The van der Waals surface area contributed by atoms with Gasteiger partial charge in [-0.25, -0.2) is 9.67 Å². The van der Waals surface area contributed by atoms with Crippen molar-refractivity contribution in [2.45, 2.75) is 13.5 Å². The number of thiazole rings is 1. The van der Waals surface area contributed by atoms with Crippen LogP contribution in [0.25, 0.3) is 22.0 Å². The van der Waals surface area contributed by atoms with Gasteiger partial charge in [0.2, 0.25) is 0 Å². The predicted molar refractivity (Wildman–Crippen MR) is 105 cm³/mol. The molecule has 0 atom stereocenters. The Hall–Kier alpha value is -3.59. The van der Waals surface area contributed by atoms with E-state index in [4.69, 9.17) is 4.42 Å². The van der Waals surface area contributed by atoms with E-state index in [9.17, 15) is 9.59 Å². The molecule has 0 aliphatic rings. The number of amides is 1. The fraction of sp³-hybridized carbons (Fsp3) is 0.105. The number of carbonyl (C=O) groups is 1. The van der Waals surface area contributed by atoms with Gasteiger partial charge >= 0.3 is 0 Å². The molecule has 0 aromatic carbocycles. The van der Waals surface area contributed by atoms with Crippen molar-refractivity contribution >= 4 is 22.4 Å². The second kappa shape index (κ2) is 7.57. The topological polar surface area (TPSA) is 103 Å². The molecule has 28 heavy (non-hydrogen) atoms. The average molecular weight is 393 g/mol. The van der Waals surface area contributed by atoms with E-state index in [1.165, 1.54) is 22.1 Å². The number of hydrogen-bond donors (Lipinski definition) is 1. The summed E-state index contributed by atoms with van der Waals surface area (Å²) in [5, 5.41) is 7.59. The maximum absolute atomic E-state index is 12.4. The molecule has 1 amide bonds. The third-order valence-corrected chi connectivity index (χ3v) is 4.94. The van der Waals surface area contributed by atoms with Crippen LogP contribution in [0.4, 0.5) is 5.13 Å². The largest absolute Gasteiger partial charge is 0.463 e. The molecular weight excluding hydrogens is 378 g/mol. The highest BCUT2D eigenvalue weighted by atomic mass is 32.1. The van der Waals surface area contributed by atoms with Gasteiger partial charge in [0.05, 0.1) is 11.1 Å². The summed E-state index contributed by atoms with van der Waals surface area (Å²) in [5.41, 5.74) is 1.43. The summed E-state index contributed by atoms with van der Waals surface area (Å²) >= 11 is 1.26. The molecule has 0 aliphatic heterocycles. The van der Waals surface area contributed by atoms with Gasteiger partial charge in [-0.15, -0.1) is 0 Å². The molecule has 0 bridgehead atoms. The highest BCUT2D eigenvalue weighted by Gasteiger charge is 2.20. The summed E-state index contributed by atoms with van der Waals surface area (Å²) in [5.74, 6) is 0.256. The van der Waals surface area contributed by atoms with E-state index in [0.29, 0.717) is 39.3 Å². The number of carbonyl (C=O) groups excluding carboxylic acids is 1. The van der Waals surface area contributed by atoms with Crippen molar-refractivity contribution in [2.75, 3.05) is 5.32 Å². The summed E-state index contributed by atoms with van der Waals surface area (Å²) in [6.45, 7) is 2.30. The summed E-state index contributed by atoms with van der Waals surface area (Å²) in [6.07, 6.45) is 4.65. The first-order chi connectivity index (χ1) is 13.7. The van der Waals surface area contributed by atoms with Crippen molar-refractivity contribution in [2.24, 2.45) is 0 Å². The van der Waals surface area contributed by atoms with Crippen molar-refractivity contribution in [1.82, 2.24) is 19.7 Å². The summed E-state index contributed by atoms with van der Waals surface area (Å²) in [6, 6.07) is 9.89. The fourth-order valence-electron chi connectivity index (χ4n) is 2.60. The number of pyridine rings is 1. The molecule has 8 nitrogen and oxygen atoms in total. The summed E-state index contributed by atoms with van der Waals surface area (Å²) in [4.78, 5) is 33.4. The monoisotopic (exact) mass is 393 g/mol. The molecule has 4 aromatic heterocycles. The van der Waals surface area contributed by atoms with Gasteiger partial charge < -0.3 is 4.42 Å². The molecule has 140 valence electrons. The second-order valence-electron chi connectivity index (χ2n) is 5.74. The Morgan fingerprint density at radius 3 is 2.75 bits per heavy atom. The lowest BCUT2D eigenvalue weighted by molar-refractivity contribution is 0.102. The zero-order valence-electron chi connectivity index (χ0n) is 14.8. The summed E-state index contributed by atoms with van der Waals surface area (Å²) in [7, 11) is 0. The standard InChI is InChI=1S/C19H15N5O3S/c1-2-24-15(25)6-5-13(23-24)17-16(14-4-3-11-27-14)21-19(28-17)22-18(26)12-7-9-20-10-8-12/h3-11H,2H2,1H3,(H,21,22,26). The number of hydrogen-bond acceptors (Lipinski definition) is 7.